The molecule has 0 saturated carbocycles. The molecule has 0 aliphatic carbocycles. The third-order valence-electron chi connectivity index (χ3n) is 6.43. The molecule has 1 aromatic carbocycles. The van der Waals surface area contributed by atoms with E-state index in [1.807, 2.05) is 24.3 Å². The number of para-hydroxylation sites is 1. The van der Waals surface area contributed by atoms with E-state index in [-0.39, 0.29) is 43.3 Å². The van der Waals surface area contributed by atoms with Crippen LogP contribution in [0, 0.1) is 5.92 Å². The topological polar surface area (TPSA) is 88.7 Å². The van der Waals surface area contributed by atoms with Gasteiger partial charge in [0.05, 0.1) is 18.6 Å². The van der Waals surface area contributed by atoms with Gasteiger partial charge >= 0.3 is 11.9 Å². The van der Waals surface area contributed by atoms with E-state index < -0.39 is 11.4 Å². The summed E-state index contributed by atoms with van der Waals surface area (Å²) in [4.78, 5) is 45.0. The normalized spacial score (nSPS) is 29.6. The molecule has 3 aliphatic heterocycles. The maximum Gasteiger partial charge on any atom is 0.329 e. The van der Waals surface area contributed by atoms with Gasteiger partial charge in [0.25, 0.3) is 0 Å². The summed E-state index contributed by atoms with van der Waals surface area (Å²) in [6, 6.07) is 7.54. The summed E-state index contributed by atoms with van der Waals surface area (Å²) in [6.45, 7) is 2.79. The lowest BCUT2D eigenvalue weighted by Crippen LogP contribution is -2.54. The van der Waals surface area contributed by atoms with Crippen LogP contribution in [0.4, 0.5) is 0 Å². The van der Waals surface area contributed by atoms with E-state index in [0.717, 1.165) is 23.0 Å². The number of nitrogens with one attached hydrogen (secondary N) is 1. The molecule has 3 unspecified atom stereocenters. The van der Waals surface area contributed by atoms with Crippen molar-refractivity contribution in [2.45, 2.75) is 31.2 Å². The molecule has 3 atom stereocenters. The molecule has 28 heavy (non-hydrogen) atoms. The van der Waals surface area contributed by atoms with Crippen molar-refractivity contribution in [2.75, 3.05) is 26.3 Å². The highest BCUT2D eigenvalue weighted by Crippen LogP contribution is 2.49. The van der Waals surface area contributed by atoms with Crippen LogP contribution in [-0.2, 0) is 29.3 Å². The largest absolute Gasteiger partial charge is 0.465 e. The van der Waals surface area contributed by atoms with Crippen LogP contribution in [0.25, 0.3) is 10.9 Å². The Labute approximate surface area is 162 Å². The average molecular weight is 382 g/mol. The van der Waals surface area contributed by atoms with Gasteiger partial charge in [-0.25, -0.2) is 0 Å². The summed E-state index contributed by atoms with van der Waals surface area (Å²) >= 11 is 0. The van der Waals surface area contributed by atoms with Gasteiger partial charge in [-0.15, -0.1) is 0 Å². The van der Waals surface area contributed by atoms with E-state index >= 15 is 0 Å². The zero-order chi connectivity index (χ0) is 19.5. The molecule has 1 aromatic heterocycles. The van der Waals surface area contributed by atoms with E-state index in [0.29, 0.717) is 18.7 Å². The molecule has 3 aliphatic rings. The number of carbonyl (C=O) groups is 3. The van der Waals surface area contributed by atoms with Gasteiger partial charge in [-0.3, -0.25) is 19.3 Å². The van der Waals surface area contributed by atoms with Crippen LogP contribution in [0.3, 0.4) is 0 Å². The molecule has 0 amide bonds. The Kier molecular flexibility index (Phi) is 3.84. The monoisotopic (exact) mass is 382 g/mol. The van der Waals surface area contributed by atoms with Gasteiger partial charge < -0.3 is 14.5 Å². The summed E-state index contributed by atoms with van der Waals surface area (Å²) in [5.41, 5.74) is 0.609. The van der Waals surface area contributed by atoms with Gasteiger partial charge in [0, 0.05) is 35.1 Å². The van der Waals surface area contributed by atoms with E-state index in [4.69, 9.17) is 9.47 Å². The first-order valence-electron chi connectivity index (χ1n) is 9.80. The fourth-order valence-corrected chi connectivity index (χ4v) is 5.11. The molecular formula is C21H22N2O5. The van der Waals surface area contributed by atoms with Crippen molar-refractivity contribution in [3.63, 3.8) is 0 Å². The third-order valence-corrected chi connectivity index (χ3v) is 6.43. The second kappa shape index (κ2) is 6.17. The molecule has 0 radical (unpaired) electrons. The quantitative estimate of drug-likeness (QED) is 0.630. The highest BCUT2D eigenvalue weighted by molar-refractivity contribution is 6.11. The SMILES string of the molecule is CCOC(=O)C12COC(=O)C3CCN(CCC1=O)C3c1c2[nH]c2ccccc12. The van der Waals surface area contributed by atoms with E-state index in [1.54, 1.807) is 6.92 Å². The number of hydrogen-bond acceptors (Lipinski definition) is 6. The number of cyclic esters (lactones) is 1. The van der Waals surface area contributed by atoms with Crippen molar-refractivity contribution < 1.29 is 23.9 Å². The molecule has 7 heteroatoms. The van der Waals surface area contributed by atoms with Crippen LogP contribution in [-0.4, -0.2) is 53.9 Å². The molecule has 1 fully saturated rings. The first kappa shape index (κ1) is 17.4. The number of benzene rings is 1. The molecule has 2 aromatic rings. The number of rotatable bonds is 2. The fourth-order valence-electron chi connectivity index (χ4n) is 5.11. The standard InChI is InChI=1S/C21H22N2O5/c1-2-27-20(26)21-11-28-19(25)13-7-9-23(10-8-15(21)24)17(13)16-12-5-3-4-6-14(12)22-18(16)21/h3-6,13,17,22H,2,7-11H2,1H3. The van der Waals surface area contributed by atoms with E-state index in [2.05, 4.69) is 9.88 Å². The van der Waals surface area contributed by atoms with Gasteiger partial charge in [-0.05, 0) is 26.0 Å². The number of H-pyrrole nitrogens is 1. The van der Waals surface area contributed by atoms with Crippen LogP contribution >= 0.6 is 0 Å². The van der Waals surface area contributed by atoms with Gasteiger partial charge in [-0.2, -0.15) is 0 Å². The second-order valence-electron chi connectivity index (χ2n) is 7.74. The summed E-state index contributed by atoms with van der Waals surface area (Å²) in [7, 11) is 0. The lowest BCUT2D eigenvalue weighted by molar-refractivity contribution is -0.164. The van der Waals surface area contributed by atoms with Crippen LogP contribution in [0.1, 0.15) is 37.1 Å². The van der Waals surface area contributed by atoms with Crippen LogP contribution < -0.4 is 0 Å². The summed E-state index contributed by atoms with van der Waals surface area (Å²) in [6.07, 6.45) is 0.900. The first-order chi connectivity index (χ1) is 13.6. The van der Waals surface area contributed by atoms with Gasteiger partial charge in [0.15, 0.2) is 11.2 Å². The van der Waals surface area contributed by atoms with E-state index in [9.17, 15) is 14.4 Å². The molecule has 0 spiro atoms. The van der Waals surface area contributed by atoms with Crippen molar-refractivity contribution in [1.82, 2.24) is 9.88 Å². The summed E-state index contributed by atoms with van der Waals surface area (Å²) < 4.78 is 10.9. The van der Waals surface area contributed by atoms with Crippen molar-refractivity contribution in [3.8, 4) is 0 Å². The minimum atomic E-state index is -1.64. The predicted molar refractivity (Wildman–Crippen MR) is 99.6 cm³/mol. The Morgan fingerprint density at radius 1 is 1.32 bits per heavy atom. The maximum absolute atomic E-state index is 13.4. The molecule has 7 nitrogen and oxygen atoms in total. The van der Waals surface area contributed by atoms with Crippen molar-refractivity contribution >= 4 is 28.6 Å². The minimum Gasteiger partial charge on any atom is -0.465 e. The Bertz CT molecular complexity index is 996. The number of esters is 2. The number of hydrogen-bond donors (Lipinski definition) is 1. The highest BCUT2D eigenvalue weighted by atomic mass is 16.6. The highest BCUT2D eigenvalue weighted by Gasteiger charge is 2.58. The van der Waals surface area contributed by atoms with Crippen molar-refractivity contribution in [2.24, 2.45) is 5.92 Å². The average Bonchev–Trinajstić information content (AvgIpc) is 3.25. The summed E-state index contributed by atoms with van der Waals surface area (Å²) in [5, 5.41) is 0.942. The zero-order valence-corrected chi connectivity index (χ0v) is 15.7. The Hall–Kier alpha value is -2.67. The Morgan fingerprint density at radius 3 is 2.96 bits per heavy atom. The molecule has 4 heterocycles. The Morgan fingerprint density at radius 2 is 2.14 bits per heavy atom. The molecule has 1 N–H and O–H groups in total. The molecule has 5 rings (SSSR count). The van der Waals surface area contributed by atoms with Crippen molar-refractivity contribution in [1.29, 1.82) is 0 Å². The second-order valence-corrected chi connectivity index (χ2v) is 7.74. The molecular weight excluding hydrogens is 360 g/mol. The number of Topliss-reactive ketones (excluding diaryl/α,β-unsaturated/α-hetero) is 1. The predicted octanol–water partition coefficient (Wildman–Crippen LogP) is 1.86. The van der Waals surface area contributed by atoms with Crippen LogP contribution in [0.5, 0.6) is 0 Å². The first-order valence-corrected chi connectivity index (χ1v) is 9.80. The minimum absolute atomic E-state index is 0.148. The number of fused-ring (bicyclic) bond motifs is 1. The Balaban J connectivity index is 1.87. The number of aromatic nitrogens is 1. The molecule has 146 valence electrons. The van der Waals surface area contributed by atoms with Crippen LogP contribution in [0.15, 0.2) is 24.3 Å². The van der Waals surface area contributed by atoms with Gasteiger partial charge in [0.2, 0.25) is 0 Å². The summed E-state index contributed by atoms with van der Waals surface area (Å²) in [5.74, 6) is -1.56. The van der Waals surface area contributed by atoms with Gasteiger partial charge in [-0.1, -0.05) is 18.2 Å². The van der Waals surface area contributed by atoms with Gasteiger partial charge in [0.1, 0.15) is 6.61 Å². The maximum atomic E-state index is 13.4. The molecule has 1 saturated heterocycles. The van der Waals surface area contributed by atoms with E-state index in [1.165, 1.54) is 0 Å². The lowest BCUT2D eigenvalue weighted by Gasteiger charge is -2.39. The number of ether oxygens (including phenoxy) is 2. The number of carbonyl (C=O) groups excluding carboxylic acids is 3. The smallest absolute Gasteiger partial charge is 0.329 e. The fraction of sp³-hybridized carbons (Fsp3) is 0.476. The lowest BCUT2D eigenvalue weighted by atomic mass is 9.73. The number of aromatic amines is 1. The molecule has 2 bridgehead atoms. The number of ketones is 1. The van der Waals surface area contributed by atoms with Crippen molar-refractivity contribution in [3.05, 3.63) is 35.5 Å². The zero-order valence-electron chi connectivity index (χ0n) is 15.7. The number of nitrogens with zero attached hydrogens (tertiary/aromatic N) is 1. The van der Waals surface area contributed by atoms with Crippen LogP contribution in [0.2, 0.25) is 0 Å². The third kappa shape index (κ3) is 2.16.